The Morgan fingerprint density at radius 3 is 2.81 bits per heavy atom. The summed E-state index contributed by atoms with van der Waals surface area (Å²) in [4.78, 5) is 19.7. The van der Waals surface area contributed by atoms with Crippen LogP contribution in [0.25, 0.3) is 22.2 Å². The molecule has 1 atom stereocenters. The van der Waals surface area contributed by atoms with E-state index in [2.05, 4.69) is 4.98 Å². The molecule has 4 aromatic rings. The normalized spacial score (nSPS) is 17.3. The van der Waals surface area contributed by atoms with Crippen molar-refractivity contribution in [1.82, 2.24) is 9.88 Å². The Bertz CT molecular complexity index is 1350. The number of oxazole rings is 1. The van der Waals surface area contributed by atoms with Gasteiger partial charge in [-0.25, -0.2) is 9.37 Å². The Morgan fingerprint density at radius 1 is 1.03 bits per heavy atom. The average molecular weight is 430 g/mol. The van der Waals surface area contributed by atoms with E-state index in [0.717, 1.165) is 18.4 Å². The van der Waals surface area contributed by atoms with Gasteiger partial charge in [0.25, 0.3) is 5.91 Å². The third kappa shape index (κ3) is 3.09. The number of nitrogens with zero attached hydrogens (tertiary/aromatic N) is 2. The van der Waals surface area contributed by atoms with Crippen molar-refractivity contribution in [3.8, 4) is 22.6 Å². The molecule has 1 amide bonds. The molecule has 0 saturated carbocycles. The highest BCUT2D eigenvalue weighted by Gasteiger charge is 2.34. The molecule has 2 aliphatic rings. The molecule has 160 valence electrons. The van der Waals surface area contributed by atoms with Crippen molar-refractivity contribution >= 4 is 17.0 Å². The molecule has 0 spiro atoms. The number of fused-ring (bicyclic) bond motifs is 2. The van der Waals surface area contributed by atoms with E-state index in [4.69, 9.17) is 13.9 Å². The first kappa shape index (κ1) is 18.9. The zero-order chi connectivity index (χ0) is 21.7. The van der Waals surface area contributed by atoms with E-state index in [0.29, 0.717) is 46.2 Å². The molecule has 3 heterocycles. The number of ether oxygens (including phenoxy) is 2. The van der Waals surface area contributed by atoms with Crippen molar-refractivity contribution in [3.63, 3.8) is 0 Å². The van der Waals surface area contributed by atoms with Gasteiger partial charge in [-0.2, -0.15) is 0 Å². The van der Waals surface area contributed by atoms with E-state index in [9.17, 15) is 9.18 Å². The van der Waals surface area contributed by atoms with Crippen LogP contribution < -0.4 is 9.47 Å². The molecular weight excluding hydrogens is 411 g/mol. The van der Waals surface area contributed by atoms with E-state index in [1.54, 1.807) is 47.4 Å². The molecule has 0 radical (unpaired) electrons. The van der Waals surface area contributed by atoms with E-state index < -0.39 is 0 Å². The number of likely N-dealkylation sites (tertiary alicyclic amines) is 1. The number of aromatic nitrogens is 1. The molecular formula is C25H19FN2O4. The van der Waals surface area contributed by atoms with Crippen LogP contribution in [0.4, 0.5) is 4.39 Å². The lowest BCUT2D eigenvalue weighted by Gasteiger charge is -2.22. The Hall–Kier alpha value is -3.87. The first-order chi connectivity index (χ1) is 15.7. The van der Waals surface area contributed by atoms with E-state index in [-0.39, 0.29) is 24.6 Å². The van der Waals surface area contributed by atoms with Gasteiger partial charge in [-0.05, 0) is 54.8 Å². The van der Waals surface area contributed by atoms with Gasteiger partial charge in [0.1, 0.15) is 17.4 Å². The van der Waals surface area contributed by atoms with Crippen molar-refractivity contribution in [2.45, 2.75) is 18.9 Å². The van der Waals surface area contributed by atoms with Crippen LogP contribution in [0.3, 0.4) is 0 Å². The van der Waals surface area contributed by atoms with Crippen molar-refractivity contribution in [1.29, 1.82) is 0 Å². The molecule has 1 aromatic heterocycles. The molecule has 1 saturated heterocycles. The van der Waals surface area contributed by atoms with E-state index in [1.165, 1.54) is 6.07 Å². The van der Waals surface area contributed by atoms with Gasteiger partial charge in [-0.1, -0.05) is 24.3 Å². The quantitative estimate of drug-likeness (QED) is 0.439. The second-order valence-corrected chi connectivity index (χ2v) is 7.94. The van der Waals surface area contributed by atoms with Crippen LogP contribution in [0.5, 0.6) is 11.5 Å². The molecule has 3 aromatic carbocycles. The summed E-state index contributed by atoms with van der Waals surface area (Å²) in [6.07, 6.45) is 1.63. The third-order valence-corrected chi connectivity index (χ3v) is 6.01. The highest BCUT2D eigenvalue weighted by Crippen LogP contribution is 2.37. The Labute approximate surface area is 183 Å². The molecule has 0 aliphatic carbocycles. The fraction of sp³-hybridized carbons (Fsp3) is 0.200. The summed E-state index contributed by atoms with van der Waals surface area (Å²) in [5, 5.41) is 0. The zero-order valence-electron chi connectivity index (χ0n) is 17.1. The molecule has 6 rings (SSSR count). The summed E-state index contributed by atoms with van der Waals surface area (Å²) >= 11 is 0. The van der Waals surface area contributed by atoms with E-state index in [1.807, 2.05) is 12.1 Å². The Balaban J connectivity index is 1.31. The van der Waals surface area contributed by atoms with Crippen molar-refractivity contribution in [3.05, 3.63) is 77.9 Å². The highest BCUT2D eigenvalue weighted by atomic mass is 19.1. The summed E-state index contributed by atoms with van der Waals surface area (Å²) < 4.78 is 31.0. The van der Waals surface area contributed by atoms with Gasteiger partial charge in [0.15, 0.2) is 17.1 Å². The summed E-state index contributed by atoms with van der Waals surface area (Å²) in [5.41, 5.74) is 3.04. The summed E-state index contributed by atoms with van der Waals surface area (Å²) in [7, 11) is 0. The highest BCUT2D eigenvalue weighted by molar-refractivity contribution is 5.95. The smallest absolute Gasteiger partial charge is 0.254 e. The number of hydrogen-bond donors (Lipinski definition) is 0. The predicted molar refractivity (Wildman–Crippen MR) is 115 cm³/mol. The lowest BCUT2D eigenvalue weighted by atomic mass is 10.0. The summed E-state index contributed by atoms with van der Waals surface area (Å²) in [6, 6.07) is 17.0. The minimum absolute atomic E-state index is 0.0971. The maximum Gasteiger partial charge on any atom is 0.254 e. The van der Waals surface area contributed by atoms with Crippen LogP contribution in [0.2, 0.25) is 0 Å². The standard InChI is InChI=1S/C25H19FN2O4/c26-18-5-2-1-4-17(18)15-7-9-21-19(12-15)27-24(32-21)20-6-3-11-28(20)25(29)16-8-10-22-23(13-16)31-14-30-22/h1-2,4-5,7-10,12-13,20H,3,6,11,14H2. The first-order valence-electron chi connectivity index (χ1n) is 10.5. The van der Waals surface area contributed by atoms with Gasteiger partial charge >= 0.3 is 0 Å². The van der Waals surface area contributed by atoms with Crippen molar-refractivity contribution in [2.24, 2.45) is 0 Å². The molecule has 1 unspecified atom stereocenters. The average Bonchev–Trinajstić information content (AvgIpc) is 3.56. The van der Waals surface area contributed by atoms with Gasteiger partial charge in [0.2, 0.25) is 12.7 Å². The number of carbonyl (C=O) groups excluding carboxylic acids is 1. The van der Waals surface area contributed by atoms with Crippen LogP contribution in [-0.2, 0) is 0 Å². The van der Waals surface area contributed by atoms with Crippen LogP contribution >= 0.6 is 0 Å². The maximum absolute atomic E-state index is 14.2. The first-order valence-corrected chi connectivity index (χ1v) is 10.5. The second kappa shape index (κ2) is 7.37. The number of halogens is 1. The van der Waals surface area contributed by atoms with E-state index >= 15 is 0 Å². The SMILES string of the molecule is O=C(c1ccc2c(c1)OCO2)N1CCCC1c1nc2cc(-c3ccccc3F)ccc2o1. The number of benzene rings is 3. The van der Waals surface area contributed by atoms with Gasteiger partial charge in [0.05, 0.1) is 0 Å². The third-order valence-electron chi connectivity index (χ3n) is 6.01. The minimum Gasteiger partial charge on any atom is -0.454 e. The fourth-order valence-electron chi connectivity index (χ4n) is 4.41. The largest absolute Gasteiger partial charge is 0.454 e. The lowest BCUT2D eigenvalue weighted by molar-refractivity contribution is 0.0716. The molecule has 0 bridgehead atoms. The number of amides is 1. The minimum atomic E-state index is -0.285. The second-order valence-electron chi connectivity index (χ2n) is 7.94. The molecule has 7 heteroatoms. The van der Waals surface area contributed by atoms with Crippen molar-refractivity contribution in [2.75, 3.05) is 13.3 Å². The molecule has 6 nitrogen and oxygen atoms in total. The van der Waals surface area contributed by atoms with Crippen LogP contribution in [0.1, 0.15) is 35.1 Å². The Morgan fingerprint density at radius 2 is 1.91 bits per heavy atom. The summed E-state index contributed by atoms with van der Waals surface area (Å²) in [5.74, 6) is 1.34. The number of hydrogen-bond acceptors (Lipinski definition) is 5. The fourth-order valence-corrected chi connectivity index (χ4v) is 4.41. The monoisotopic (exact) mass is 430 g/mol. The lowest BCUT2D eigenvalue weighted by Crippen LogP contribution is -2.30. The summed E-state index contributed by atoms with van der Waals surface area (Å²) in [6.45, 7) is 0.786. The van der Waals surface area contributed by atoms with Crippen LogP contribution in [0, 0.1) is 5.82 Å². The maximum atomic E-state index is 14.2. The Kier molecular flexibility index (Phi) is 4.35. The topological polar surface area (TPSA) is 64.8 Å². The predicted octanol–water partition coefficient (Wildman–Crippen LogP) is 5.34. The van der Waals surface area contributed by atoms with Crippen LogP contribution in [0.15, 0.2) is 65.1 Å². The molecule has 1 fully saturated rings. The molecule has 2 aliphatic heterocycles. The van der Waals surface area contributed by atoms with Crippen molar-refractivity contribution < 1.29 is 23.1 Å². The molecule has 32 heavy (non-hydrogen) atoms. The zero-order valence-corrected chi connectivity index (χ0v) is 17.1. The molecule has 0 N–H and O–H groups in total. The van der Waals surface area contributed by atoms with Gasteiger partial charge < -0.3 is 18.8 Å². The van der Waals surface area contributed by atoms with Gasteiger partial charge in [-0.15, -0.1) is 0 Å². The number of rotatable bonds is 3. The number of carbonyl (C=O) groups is 1. The van der Waals surface area contributed by atoms with Gasteiger partial charge in [0, 0.05) is 17.7 Å². The van der Waals surface area contributed by atoms with Gasteiger partial charge in [-0.3, -0.25) is 4.79 Å². The van der Waals surface area contributed by atoms with Crippen LogP contribution in [-0.4, -0.2) is 29.1 Å².